The molecule has 1 amide bonds. The minimum absolute atomic E-state index is 0.0406. The minimum Gasteiger partial charge on any atom is -0.361 e. The average Bonchev–Trinajstić information content (AvgIpc) is 3.23. The molecule has 5 rings (SSSR count). The summed E-state index contributed by atoms with van der Waals surface area (Å²) in [6, 6.07) is 6.95. The Morgan fingerprint density at radius 3 is 3.12 bits per heavy atom. The van der Waals surface area contributed by atoms with Crippen LogP contribution in [0.1, 0.15) is 29.3 Å². The number of fused-ring (bicyclic) bond motifs is 2. The second kappa shape index (κ2) is 5.89. The number of carbonyl (C=O) groups excluding carboxylic acids is 1. The molecule has 26 heavy (non-hydrogen) atoms. The molecule has 2 aliphatic rings. The summed E-state index contributed by atoms with van der Waals surface area (Å²) in [7, 11) is 2.14. The first kappa shape index (κ1) is 16.0. The molecule has 0 bridgehead atoms. The zero-order valence-corrected chi connectivity index (χ0v) is 15.6. The smallest absolute Gasteiger partial charge is 0.230 e. The second-order valence-electron chi connectivity index (χ2n) is 7.47. The maximum Gasteiger partial charge on any atom is 0.230 e. The van der Waals surface area contributed by atoms with E-state index in [0.29, 0.717) is 22.9 Å². The van der Waals surface area contributed by atoms with Crippen molar-refractivity contribution in [2.75, 3.05) is 18.9 Å². The molecule has 3 heterocycles. The fourth-order valence-electron chi connectivity index (χ4n) is 4.69. The van der Waals surface area contributed by atoms with Gasteiger partial charge in [0.25, 0.3) is 0 Å². The molecule has 1 aromatic carbocycles. The molecule has 1 aliphatic carbocycles. The molecule has 0 spiro atoms. The van der Waals surface area contributed by atoms with Gasteiger partial charge in [0.15, 0.2) is 0 Å². The van der Waals surface area contributed by atoms with Gasteiger partial charge in [-0.25, -0.2) is 4.98 Å². The Labute approximate surface area is 155 Å². The predicted octanol–water partition coefficient (Wildman–Crippen LogP) is 2.93. The van der Waals surface area contributed by atoms with Crippen LogP contribution in [-0.4, -0.2) is 44.8 Å². The summed E-state index contributed by atoms with van der Waals surface area (Å²) in [6.45, 7) is 2.61. The molecular weight excluding hydrogens is 346 g/mol. The van der Waals surface area contributed by atoms with Crippen molar-refractivity contribution in [2.24, 2.45) is 5.92 Å². The molecule has 1 unspecified atom stereocenters. The summed E-state index contributed by atoms with van der Waals surface area (Å²) in [6.07, 6.45) is 4.07. The van der Waals surface area contributed by atoms with Crippen LogP contribution in [0, 0.1) is 12.8 Å². The number of aryl methyl sites for hydroxylation is 1. The van der Waals surface area contributed by atoms with Crippen LogP contribution >= 0.6 is 11.5 Å². The standard InChI is InChI=1S/C19H21N5OS/c1-10-21-19(26-23-10)22-18(25)12-6-14-13-4-3-5-15-17(13)11(8-20-15)7-16(14)24(2)9-12/h3-5,8,12,14,16,20H,6-7,9H2,1-2H3,(H,21,22,23,25)/t12?,14-,16-/m1/s1. The van der Waals surface area contributed by atoms with Crippen LogP contribution in [0.3, 0.4) is 0 Å². The fourth-order valence-corrected chi connectivity index (χ4v) is 5.27. The summed E-state index contributed by atoms with van der Waals surface area (Å²) in [5, 5.41) is 4.92. The van der Waals surface area contributed by atoms with Crippen molar-refractivity contribution in [1.29, 1.82) is 0 Å². The molecule has 1 fully saturated rings. The van der Waals surface area contributed by atoms with Gasteiger partial charge in [0.05, 0.1) is 5.92 Å². The third-order valence-electron chi connectivity index (χ3n) is 5.85. The van der Waals surface area contributed by atoms with Crippen LogP contribution in [0.15, 0.2) is 24.4 Å². The first-order valence-electron chi connectivity index (χ1n) is 9.00. The number of likely N-dealkylation sites (N-methyl/N-ethyl adjacent to an activating group) is 1. The van der Waals surface area contributed by atoms with E-state index in [2.05, 4.69) is 56.0 Å². The number of carbonyl (C=O) groups is 1. The molecule has 7 heteroatoms. The van der Waals surface area contributed by atoms with Gasteiger partial charge in [-0.3, -0.25) is 4.79 Å². The lowest BCUT2D eigenvalue weighted by Crippen LogP contribution is -2.50. The van der Waals surface area contributed by atoms with Crippen molar-refractivity contribution in [3.05, 3.63) is 41.3 Å². The van der Waals surface area contributed by atoms with Gasteiger partial charge < -0.3 is 15.2 Å². The summed E-state index contributed by atoms with van der Waals surface area (Å²) in [4.78, 5) is 22.8. The monoisotopic (exact) mass is 367 g/mol. The molecule has 0 radical (unpaired) electrons. The van der Waals surface area contributed by atoms with E-state index in [1.54, 1.807) is 0 Å². The molecular formula is C19H21N5OS. The van der Waals surface area contributed by atoms with E-state index in [1.165, 1.54) is 33.6 Å². The second-order valence-corrected chi connectivity index (χ2v) is 8.22. The molecule has 2 aromatic heterocycles. The Morgan fingerprint density at radius 1 is 1.42 bits per heavy atom. The summed E-state index contributed by atoms with van der Waals surface area (Å²) >= 11 is 1.24. The van der Waals surface area contributed by atoms with Crippen LogP contribution < -0.4 is 5.32 Å². The number of benzene rings is 1. The molecule has 1 aliphatic heterocycles. The van der Waals surface area contributed by atoms with E-state index in [0.717, 1.165) is 19.4 Å². The van der Waals surface area contributed by atoms with Gasteiger partial charge in [-0.05, 0) is 44.0 Å². The molecule has 134 valence electrons. The zero-order chi connectivity index (χ0) is 17.8. The van der Waals surface area contributed by atoms with Crippen LogP contribution in [0.5, 0.6) is 0 Å². The third kappa shape index (κ3) is 2.46. The maximum absolute atomic E-state index is 12.8. The Hall–Kier alpha value is -2.25. The van der Waals surface area contributed by atoms with Crippen molar-refractivity contribution in [3.8, 4) is 0 Å². The van der Waals surface area contributed by atoms with Crippen molar-refractivity contribution < 1.29 is 4.79 Å². The summed E-state index contributed by atoms with van der Waals surface area (Å²) in [5.41, 5.74) is 3.98. The zero-order valence-electron chi connectivity index (χ0n) is 14.8. The minimum atomic E-state index is -0.0406. The number of H-pyrrole nitrogens is 1. The van der Waals surface area contributed by atoms with Gasteiger partial charge in [0.1, 0.15) is 5.82 Å². The lowest BCUT2D eigenvalue weighted by molar-refractivity contribution is -0.122. The van der Waals surface area contributed by atoms with Gasteiger partial charge in [0, 0.05) is 47.1 Å². The number of nitrogens with zero attached hydrogens (tertiary/aromatic N) is 3. The number of anilines is 1. The molecule has 1 saturated heterocycles. The number of aromatic amines is 1. The van der Waals surface area contributed by atoms with E-state index in [4.69, 9.17) is 0 Å². The van der Waals surface area contributed by atoms with E-state index >= 15 is 0 Å². The lowest BCUT2D eigenvalue weighted by atomic mass is 9.72. The van der Waals surface area contributed by atoms with E-state index in [-0.39, 0.29) is 11.8 Å². The van der Waals surface area contributed by atoms with E-state index < -0.39 is 0 Å². The normalized spacial score (nSPS) is 25.2. The quantitative estimate of drug-likeness (QED) is 0.730. The first-order valence-corrected chi connectivity index (χ1v) is 9.78. The van der Waals surface area contributed by atoms with Crippen LogP contribution in [-0.2, 0) is 11.2 Å². The molecule has 2 N–H and O–H groups in total. The van der Waals surface area contributed by atoms with Crippen molar-refractivity contribution in [2.45, 2.75) is 31.7 Å². The number of aromatic nitrogens is 3. The maximum atomic E-state index is 12.8. The Morgan fingerprint density at radius 2 is 2.31 bits per heavy atom. The van der Waals surface area contributed by atoms with Crippen molar-refractivity contribution in [3.63, 3.8) is 0 Å². The third-order valence-corrected chi connectivity index (χ3v) is 6.58. The largest absolute Gasteiger partial charge is 0.361 e. The van der Waals surface area contributed by atoms with Gasteiger partial charge in [-0.15, -0.1) is 0 Å². The number of hydrogen-bond donors (Lipinski definition) is 2. The average molecular weight is 367 g/mol. The van der Waals surface area contributed by atoms with Crippen LogP contribution in [0.2, 0.25) is 0 Å². The highest BCUT2D eigenvalue weighted by Crippen LogP contribution is 2.44. The first-order chi connectivity index (χ1) is 12.6. The highest BCUT2D eigenvalue weighted by molar-refractivity contribution is 7.09. The SMILES string of the molecule is Cc1nsc(NC(=O)C2C[C@@H]3c4cccc5[nH]cc(c45)C[C@H]3N(C)C2)n1. The highest BCUT2D eigenvalue weighted by atomic mass is 32.1. The van der Waals surface area contributed by atoms with E-state index in [1.807, 2.05) is 6.92 Å². The van der Waals surface area contributed by atoms with Crippen LogP contribution in [0.25, 0.3) is 10.9 Å². The van der Waals surface area contributed by atoms with Gasteiger partial charge >= 0.3 is 0 Å². The Balaban J connectivity index is 1.44. The number of rotatable bonds is 2. The number of amides is 1. The van der Waals surface area contributed by atoms with Crippen molar-refractivity contribution >= 4 is 33.5 Å². The Bertz CT molecular complexity index is 993. The van der Waals surface area contributed by atoms with Crippen LogP contribution in [0.4, 0.5) is 5.13 Å². The number of piperidine rings is 1. The highest BCUT2D eigenvalue weighted by Gasteiger charge is 2.41. The van der Waals surface area contributed by atoms with Gasteiger partial charge in [-0.1, -0.05) is 12.1 Å². The number of hydrogen-bond acceptors (Lipinski definition) is 5. The van der Waals surface area contributed by atoms with E-state index in [9.17, 15) is 4.79 Å². The van der Waals surface area contributed by atoms with Gasteiger partial charge in [-0.2, -0.15) is 4.37 Å². The fraction of sp³-hybridized carbons (Fsp3) is 0.421. The van der Waals surface area contributed by atoms with Gasteiger partial charge in [0.2, 0.25) is 11.0 Å². The molecule has 3 atom stereocenters. The summed E-state index contributed by atoms with van der Waals surface area (Å²) in [5.74, 6) is 1.09. The Kier molecular flexibility index (Phi) is 3.62. The number of nitrogens with one attached hydrogen (secondary N) is 2. The number of likely N-dealkylation sites (tertiary alicyclic amines) is 1. The summed E-state index contributed by atoms with van der Waals surface area (Å²) < 4.78 is 4.14. The topological polar surface area (TPSA) is 73.9 Å². The molecule has 3 aromatic rings. The molecule has 6 nitrogen and oxygen atoms in total. The van der Waals surface area contributed by atoms with Crippen molar-refractivity contribution in [1.82, 2.24) is 19.2 Å². The lowest BCUT2D eigenvalue weighted by Gasteiger charge is -2.45. The molecule has 0 saturated carbocycles. The predicted molar refractivity (Wildman–Crippen MR) is 103 cm³/mol.